The van der Waals surface area contributed by atoms with Crippen molar-refractivity contribution >= 4 is 0 Å². The number of hydrogen-bond donors (Lipinski definition) is 2. The van der Waals surface area contributed by atoms with E-state index in [0.717, 1.165) is 18.2 Å². The van der Waals surface area contributed by atoms with Gasteiger partial charge in [-0.3, -0.25) is 0 Å². The van der Waals surface area contributed by atoms with Gasteiger partial charge in [0.05, 0.1) is 13.7 Å². The van der Waals surface area contributed by atoms with Crippen LogP contribution in [0.3, 0.4) is 0 Å². The Morgan fingerprint density at radius 2 is 1.36 bits per heavy atom. The molecule has 6 heteroatoms. The summed E-state index contributed by atoms with van der Waals surface area (Å²) in [4.78, 5) is 0. The van der Waals surface area contributed by atoms with E-state index in [4.69, 9.17) is 4.74 Å². The number of aliphatic hydroxyl groups is 2. The van der Waals surface area contributed by atoms with Crippen LogP contribution in [0.2, 0.25) is 0 Å². The van der Waals surface area contributed by atoms with Crippen LogP contribution in [-0.2, 0) is 12.2 Å². The van der Waals surface area contributed by atoms with Crippen molar-refractivity contribution in [3.8, 4) is 5.75 Å². The van der Waals surface area contributed by atoms with E-state index in [1.807, 2.05) is 0 Å². The van der Waals surface area contributed by atoms with Crippen molar-refractivity contribution in [3.63, 3.8) is 0 Å². The third kappa shape index (κ3) is 3.37. The second-order valence-corrected chi connectivity index (χ2v) is 6.49. The monoisotopic (exact) mass is 388 g/mol. The molecule has 0 spiro atoms. The number of halogens is 3. The molecule has 1 unspecified atom stereocenters. The highest BCUT2D eigenvalue weighted by Gasteiger charge is 2.35. The largest absolute Gasteiger partial charge is 0.494 e. The van der Waals surface area contributed by atoms with E-state index in [9.17, 15) is 23.4 Å². The first-order valence-corrected chi connectivity index (χ1v) is 8.54. The minimum absolute atomic E-state index is 0.0250. The summed E-state index contributed by atoms with van der Waals surface area (Å²) in [6, 6.07) is 11.7. The van der Waals surface area contributed by atoms with Gasteiger partial charge in [0.2, 0.25) is 0 Å². The molecule has 0 aromatic heterocycles. The minimum atomic E-state index is -2.03. The third-order valence-electron chi connectivity index (χ3n) is 4.80. The topological polar surface area (TPSA) is 49.7 Å². The molecular formula is C22H19F3O3. The predicted octanol–water partition coefficient (Wildman–Crippen LogP) is 4.20. The Kier molecular flexibility index (Phi) is 5.45. The average molecular weight is 388 g/mol. The van der Waals surface area contributed by atoms with Gasteiger partial charge in [-0.1, -0.05) is 30.3 Å². The maximum atomic E-state index is 14.3. The van der Waals surface area contributed by atoms with Crippen LogP contribution in [-0.4, -0.2) is 17.3 Å². The van der Waals surface area contributed by atoms with Crippen molar-refractivity contribution in [2.75, 3.05) is 7.11 Å². The van der Waals surface area contributed by atoms with Gasteiger partial charge in [0, 0.05) is 5.56 Å². The van der Waals surface area contributed by atoms with Crippen LogP contribution in [0, 0.1) is 24.4 Å². The third-order valence-corrected chi connectivity index (χ3v) is 4.80. The van der Waals surface area contributed by atoms with Gasteiger partial charge in [-0.15, -0.1) is 0 Å². The average Bonchev–Trinajstić information content (AvgIpc) is 2.69. The first-order chi connectivity index (χ1) is 13.3. The second-order valence-electron chi connectivity index (χ2n) is 6.49. The van der Waals surface area contributed by atoms with Gasteiger partial charge < -0.3 is 14.9 Å². The van der Waals surface area contributed by atoms with Crippen molar-refractivity contribution in [2.24, 2.45) is 0 Å². The van der Waals surface area contributed by atoms with Crippen molar-refractivity contribution in [3.05, 3.63) is 99.9 Å². The maximum Gasteiger partial charge on any atom is 0.165 e. The molecular weight excluding hydrogens is 369 g/mol. The molecule has 0 radical (unpaired) electrons. The zero-order chi connectivity index (χ0) is 20.5. The molecule has 0 saturated carbocycles. The van der Waals surface area contributed by atoms with Gasteiger partial charge in [-0.25, -0.2) is 13.2 Å². The molecule has 3 nitrogen and oxygen atoms in total. The summed E-state index contributed by atoms with van der Waals surface area (Å²) >= 11 is 0. The number of hydrogen-bond acceptors (Lipinski definition) is 3. The van der Waals surface area contributed by atoms with Gasteiger partial charge in [-0.05, 0) is 53.4 Å². The fourth-order valence-electron chi connectivity index (χ4n) is 3.11. The molecule has 3 aromatic carbocycles. The van der Waals surface area contributed by atoms with Crippen molar-refractivity contribution in [1.29, 1.82) is 0 Å². The number of ether oxygens (including phenoxy) is 1. The Bertz CT molecular complexity index is 964. The number of methoxy groups -OCH3 is 1. The lowest BCUT2D eigenvalue weighted by molar-refractivity contribution is 0.124. The Labute approximate surface area is 160 Å². The molecule has 146 valence electrons. The van der Waals surface area contributed by atoms with Crippen LogP contribution in [0.4, 0.5) is 13.2 Å². The van der Waals surface area contributed by atoms with Crippen molar-refractivity contribution < 1.29 is 28.1 Å². The summed E-state index contributed by atoms with van der Waals surface area (Å²) in [6.45, 7) is 1.06. The Morgan fingerprint density at radius 3 is 1.86 bits per heavy atom. The summed E-state index contributed by atoms with van der Waals surface area (Å²) in [5.74, 6) is -2.04. The quantitative estimate of drug-likeness (QED) is 0.644. The summed E-state index contributed by atoms with van der Waals surface area (Å²) in [7, 11) is 1.31. The Hall–Kier alpha value is -2.83. The van der Waals surface area contributed by atoms with Crippen molar-refractivity contribution in [1.82, 2.24) is 0 Å². The molecule has 28 heavy (non-hydrogen) atoms. The van der Waals surface area contributed by atoms with Crippen LogP contribution in [0.1, 0.15) is 27.8 Å². The van der Waals surface area contributed by atoms with E-state index in [1.165, 1.54) is 43.5 Å². The maximum absolute atomic E-state index is 14.3. The highest BCUT2D eigenvalue weighted by Crippen LogP contribution is 2.39. The molecule has 3 aromatic rings. The molecule has 3 rings (SSSR count). The summed E-state index contributed by atoms with van der Waals surface area (Å²) in [5, 5.41) is 20.8. The molecule has 2 N–H and O–H groups in total. The highest BCUT2D eigenvalue weighted by atomic mass is 19.1. The van der Waals surface area contributed by atoms with E-state index in [1.54, 1.807) is 6.92 Å². The molecule has 0 fully saturated rings. The molecule has 0 aliphatic rings. The van der Waals surface area contributed by atoms with Gasteiger partial charge in [0.25, 0.3) is 0 Å². The van der Waals surface area contributed by atoms with Gasteiger partial charge >= 0.3 is 0 Å². The first kappa shape index (κ1) is 19.9. The zero-order valence-corrected chi connectivity index (χ0v) is 15.3. The fourth-order valence-corrected chi connectivity index (χ4v) is 3.11. The molecule has 0 bridgehead atoms. The summed E-state index contributed by atoms with van der Waals surface area (Å²) < 4.78 is 47.8. The highest BCUT2D eigenvalue weighted by molar-refractivity contribution is 5.49. The van der Waals surface area contributed by atoms with Crippen LogP contribution in [0.25, 0.3) is 0 Å². The standard InChI is InChI=1S/C22H19F3O3/c1-13-3-5-15(9-18(13)23)22(27,16-6-4-14(12-26)19(24)10-16)17-7-8-21(28-2)20(25)11-17/h3-11,26-27H,12H2,1-2H3. The van der Waals surface area contributed by atoms with Crippen LogP contribution in [0.15, 0.2) is 54.6 Å². The van der Waals surface area contributed by atoms with E-state index >= 15 is 0 Å². The number of aliphatic hydroxyl groups excluding tert-OH is 1. The normalized spacial score (nSPS) is 13.2. The Morgan fingerprint density at radius 1 is 0.821 bits per heavy atom. The lowest BCUT2D eigenvalue weighted by atomic mass is 9.79. The van der Waals surface area contributed by atoms with E-state index in [-0.39, 0.29) is 28.0 Å². The number of rotatable bonds is 5. The predicted molar refractivity (Wildman–Crippen MR) is 98.5 cm³/mol. The minimum Gasteiger partial charge on any atom is -0.494 e. The molecule has 1 atom stereocenters. The summed E-state index contributed by atoms with van der Waals surface area (Å²) in [5.41, 5.74) is -1.37. The van der Waals surface area contributed by atoms with Gasteiger partial charge in [0.1, 0.15) is 17.2 Å². The fraction of sp³-hybridized carbons (Fsp3) is 0.182. The molecule has 0 aliphatic heterocycles. The number of aryl methyl sites for hydroxylation is 1. The van der Waals surface area contributed by atoms with Crippen molar-refractivity contribution in [2.45, 2.75) is 19.1 Å². The van der Waals surface area contributed by atoms with Gasteiger partial charge in [-0.2, -0.15) is 0 Å². The summed E-state index contributed by atoms with van der Waals surface area (Å²) in [6.07, 6.45) is 0. The van der Waals surface area contributed by atoms with E-state index < -0.39 is 29.7 Å². The lowest BCUT2D eigenvalue weighted by Gasteiger charge is -2.31. The zero-order valence-electron chi connectivity index (χ0n) is 15.3. The first-order valence-electron chi connectivity index (χ1n) is 8.54. The molecule has 0 aliphatic carbocycles. The second kappa shape index (κ2) is 7.66. The van der Waals surface area contributed by atoms with E-state index in [2.05, 4.69) is 0 Å². The van der Waals surface area contributed by atoms with Crippen LogP contribution >= 0.6 is 0 Å². The molecule has 0 heterocycles. The van der Waals surface area contributed by atoms with Crippen LogP contribution in [0.5, 0.6) is 5.75 Å². The Balaban J connectivity index is 2.28. The van der Waals surface area contributed by atoms with E-state index in [0.29, 0.717) is 5.56 Å². The van der Waals surface area contributed by atoms with Crippen LogP contribution < -0.4 is 4.74 Å². The SMILES string of the molecule is COc1ccc(C(O)(c2ccc(C)c(F)c2)c2ccc(CO)c(F)c2)cc1F. The van der Waals surface area contributed by atoms with Gasteiger partial charge in [0.15, 0.2) is 11.6 Å². The lowest BCUT2D eigenvalue weighted by Crippen LogP contribution is -2.29. The smallest absolute Gasteiger partial charge is 0.165 e. The molecule has 0 saturated heterocycles. The molecule has 0 amide bonds. The number of benzene rings is 3.